The first-order valence-corrected chi connectivity index (χ1v) is 4.28. The zero-order chi connectivity index (χ0) is 9.54. The lowest BCUT2D eigenvalue weighted by Crippen LogP contribution is -2.12. The molecule has 1 aliphatic rings. The number of hydrogen-bond donors (Lipinski definition) is 1. The molecule has 0 aromatic carbocycles. The van der Waals surface area contributed by atoms with Crippen molar-refractivity contribution in [2.45, 2.75) is 6.54 Å². The number of fused-ring (bicyclic) bond motifs is 1. The highest BCUT2D eigenvalue weighted by molar-refractivity contribution is 5.97. The van der Waals surface area contributed by atoms with Crippen LogP contribution in [0.15, 0.2) is 33.5 Å². The number of hydrogen-bond acceptors (Lipinski definition) is 3. The van der Waals surface area contributed by atoms with Crippen molar-refractivity contribution in [1.82, 2.24) is 5.32 Å². The molecule has 1 amide bonds. The molecule has 2 aromatic heterocycles. The second-order valence-corrected chi connectivity index (χ2v) is 3.12. The first-order valence-electron chi connectivity index (χ1n) is 4.28. The van der Waals surface area contributed by atoms with Crippen molar-refractivity contribution in [2.24, 2.45) is 0 Å². The van der Waals surface area contributed by atoms with Crippen LogP contribution in [0, 0.1) is 0 Å². The number of furan rings is 2. The molecule has 0 saturated carbocycles. The highest BCUT2D eigenvalue weighted by Gasteiger charge is 2.27. The van der Waals surface area contributed by atoms with Crippen molar-refractivity contribution in [3.63, 3.8) is 0 Å². The number of carbonyl (C=O) groups excluding carboxylic acids is 1. The first-order chi connectivity index (χ1) is 6.86. The van der Waals surface area contributed by atoms with Gasteiger partial charge in [-0.2, -0.15) is 0 Å². The molecule has 4 heteroatoms. The van der Waals surface area contributed by atoms with Crippen LogP contribution < -0.4 is 5.32 Å². The van der Waals surface area contributed by atoms with E-state index in [1.807, 2.05) is 6.07 Å². The van der Waals surface area contributed by atoms with E-state index >= 15 is 0 Å². The molecule has 0 unspecified atom stereocenters. The van der Waals surface area contributed by atoms with Crippen molar-refractivity contribution in [1.29, 1.82) is 0 Å². The van der Waals surface area contributed by atoms with Crippen LogP contribution in [0.1, 0.15) is 16.1 Å². The van der Waals surface area contributed by atoms with E-state index in [1.54, 1.807) is 18.6 Å². The monoisotopic (exact) mass is 189 g/mol. The lowest BCUT2D eigenvalue weighted by Gasteiger charge is -1.93. The molecule has 0 aliphatic carbocycles. The Balaban J connectivity index is 2.18. The molecule has 3 heterocycles. The third-order valence-electron chi connectivity index (χ3n) is 2.31. The molecule has 0 saturated heterocycles. The van der Waals surface area contributed by atoms with Gasteiger partial charge in [0.05, 0.1) is 11.8 Å². The predicted octanol–water partition coefficient (Wildman–Crippen LogP) is 1.78. The van der Waals surface area contributed by atoms with Gasteiger partial charge in [-0.3, -0.25) is 4.79 Å². The van der Waals surface area contributed by atoms with E-state index in [-0.39, 0.29) is 5.91 Å². The first kappa shape index (κ1) is 7.44. The molecule has 0 bridgehead atoms. The average Bonchev–Trinajstić information content (AvgIpc) is 2.84. The summed E-state index contributed by atoms with van der Waals surface area (Å²) in [5.74, 6) is 0.973. The van der Waals surface area contributed by atoms with Gasteiger partial charge in [-0.25, -0.2) is 0 Å². The summed E-state index contributed by atoms with van der Waals surface area (Å²) < 4.78 is 10.4. The van der Waals surface area contributed by atoms with Gasteiger partial charge in [-0.1, -0.05) is 0 Å². The standard InChI is InChI=1S/C10H7NO3/c12-10-9-6(4-11-10)7(5-14-9)8-2-1-3-13-8/h1-3,5H,4H2,(H,11,12). The Kier molecular flexibility index (Phi) is 1.33. The smallest absolute Gasteiger partial charge is 0.287 e. The van der Waals surface area contributed by atoms with E-state index < -0.39 is 0 Å². The molecule has 1 aliphatic heterocycles. The number of rotatable bonds is 1. The van der Waals surface area contributed by atoms with E-state index in [9.17, 15) is 4.79 Å². The molecular weight excluding hydrogens is 182 g/mol. The van der Waals surface area contributed by atoms with Crippen LogP contribution in [0.25, 0.3) is 11.3 Å². The fourth-order valence-electron chi connectivity index (χ4n) is 1.64. The van der Waals surface area contributed by atoms with Crippen LogP contribution in [-0.2, 0) is 6.54 Å². The second kappa shape index (κ2) is 2.51. The summed E-state index contributed by atoms with van der Waals surface area (Å²) in [6, 6.07) is 3.65. The topological polar surface area (TPSA) is 55.4 Å². The van der Waals surface area contributed by atoms with Gasteiger partial charge in [0.1, 0.15) is 12.0 Å². The molecule has 0 spiro atoms. The Bertz CT molecular complexity index is 481. The van der Waals surface area contributed by atoms with Gasteiger partial charge in [0.25, 0.3) is 5.91 Å². The summed E-state index contributed by atoms with van der Waals surface area (Å²) in [5, 5.41) is 2.69. The summed E-state index contributed by atoms with van der Waals surface area (Å²) in [6.45, 7) is 0.515. The lowest BCUT2D eigenvalue weighted by atomic mass is 10.1. The van der Waals surface area contributed by atoms with Gasteiger partial charge >= 0.3 is 0 Å². The van der Waals surface area contributed by atoms with Crippen molar-refractivity contribution in [2.75, 3.05) is 0 Å². The molecule has 70 valence electrons. The summed E-state index contributed by atoms with van der Waals surface area (Å²) in [6.07, 6.45) is 3.15. The Morgan fingerprint density at radius 1 is 1.36 bits per heavy atom. The molecule has 1 N–H and O–H groups in total. The van der Waals surface area contributed by atoms with Crippen LogP contribution in [0.3, 0.4) is 0 Å². The van der Waals surface area contributed by atoms with Crippen LogP contribution >= 0.6 is 0 Å². The molecular formula is C10H7NO3. The van der Waals surface area contributed by atoms with Gasteiger partial charge in [-0.15, -0.1) is 0 Å². The van der Waals surface area contributed by atoms with Crippen molar-refractivity contribution < 1.29 is 13.6 Å². The van der Waals surface area contributed by atoms with Crippen molar-refractivity contribution >= 4 is 5.91 Å². The maximum Gasteiger partial charge on any atom is 0.287 e. The Hall–Kier alpha value is -1.97. The maximum absolute atomic E-state index is 11.2. The summed E-state index contributed by atoms with van der Waals surface area (Å²) in [7, 11) is 0. The summed E-state index contributed by atoms with van der Waals surface area (Å²) in [5.41, 5.74) is 1.73. The zero-order valence-corrected chi connectivity index (χ0v) is 7.24. The molecule has 2 aromatic rings. The SMILES string of the molecule is O=C1NCc2c(-c3ccco3)coc21. The minimum Gasteiger partial charge on any atom is -0.464 e. The quantitative estimate of drug-likeness (QED) is 0.743. The van der Waals surface area contributed by atoms with Crippen LogP contribution in [0.2, 0.25) is 0 Å². The van der Waals surface area contributed by atoms with E-state index in [0.29, 0.717) is 12.3 Å². The highest BCUT2D eigenvalue weighted by Crippen LogP contribution is 2.30. The fourth-order valence-corrected chi connectivity index (χ4v) is 1.64. The van der Waals surface area contributed by atoms with Crippen LogP contribution in [0.5, 0.6) is 0 Å². The van der Waals surface area contributed by atoms with E-state index in [4.69, 9.17) is 8.83 Å². The number of nitrogens with one attached hydrogen (secondary N) is 1. The Morgan fingerprint density at radius 3 is 3.07 bits per heavy atom. The molecule has 0 atom stereocenters. The molecule has 4 nitrogen and oxygen atoms in total. The van der Waals surface area contributed by atoms with Gasteiger partial charge < -0.3 is 14.2 Å². The van der Waals surface area contributed by atoms with Gasteiger partial charge in [-0.05, 0) is 12.1 Å². The van der Waals surface area contributed by atoms with Crippen molar-refractivity contribution in [3.8, 4) is 11.3 Å². The minimum absolute atomic E-state index is 0.155. The number of amides is 1. The highest BCUT2D eigenvalue weighted by atomic mass is 16.4. The van der Waals surface area contributed by atoms with Crippen molar-refractivity contribution in [3.05, 3.63) is 36.0 Å². The Labute approximate surface area is 79.5 Å². The molecule has 0 radical (unpaired) electrons. The number of carbonyl (C=O) groups is 1. The zero-order valence-electron chi connectivity index (χ0n) is 7.24. The van der Waals surface area contributed by atoms with Crippen LogP contribution in [-0.4, -0.2) is 5.91 Å². The normalized spacial score (nSPS) is 14.1. The molecule has 0 fully saturated rings. The fraction of sp³-hybridized carbons (Fsp3) is 0.100. The Morgan fingerprint density at radius 2 is 2.29 bits per heavy atom. The van der Waals surface area contributed by atoms with Gasteiger partial charge in [0, 0.05) is 12.1 Å². The third-order valence-corrected chi connectivity index (χ3v) is 2.31. The van der Waals surface area contributed by atoms with E-state index in [1.165, 1.54) is 0 Å². The summed E-state index contributed by atoms with van der Waals surface area (Å²) >= 11 is 0. The largest absolute Gasteiger partial charge is 0.464 e. The van der Waals surface area contributed by atoms with E-state index in [0.717, 1.165) is 16.9 Å². The lowest BCUT2D eigenvalue weighted by molar-refractivity contribution is 0.0941. The second-order valence-electron chi connectivity index (χ2n) is 3.12. The average molecular weight is 189 g/mol. The maximum atomic E-state index is 11.2. The van der Waals surface area contributed by atoms with Gasteiger partial charge in [0.15, 0.2) is 5.76 Å². The van der Waals surface area contributed by atoms with E-state index in [2.05, 4.69) is 5.32 Å². The molecule has 14 heavy (non-hydrogen) atoms. The minimum atomic E-state index is -0.155. The van der Waals surface area contributed by atoms with Gasteiger partial charge in [0.2, 0.25) is 0 Å². The molecule has 3 rings (SSSR count). The summed E-state index contributed by atoms with van der Waals surface area (Å²) in [4.78, 5) is 11.2. The third kappa shape index (κ3) is 0.849. The predicted molar refractivity (Wildman–Crippen MR) is 47.6 cm³/mol. The van der Waals surface area contributed by atoms with Crippen LogP contribution in [0.4, 0.5) is 0 Å².